The molecule has 25 heavy (non-hydrogen) atoms. The lowest BCUT2D eigenvalue weighted by atomic mass is 10.4. The first kappa shape index (κ1) is 16.7. The van der Waals surface area contributed by atoms with Gasteiger partial charge in [-0.1, -0.05) is 91.0 Å². The average Bonchev–Trinajstić information content (AvgIpc) is 3.21. The second-order valence-electron chi connectivity index (χ2n) is 5.66. The number of rotatable bonds is 4. The van der Waals surface area contributed by atoms with E-state index in [1.165, 1.54) is 15.9 Å². The molecule has 1 saturated heterocycles. The van der Waals surface area contributed by atoms with Crippen molar-refractivity contribution in [1.29, 1.82) is 0 Å². The monoisotopic (exact) mass is 367 g/mol. The molecule has 5 heteroatoms. The third-order valence-corrected chi connectivity index (χ3v) is 9.93. The standard InChI is InChI=1S/C20H19NO2P2/c1-4-10-18(11-5-1)25(19-12-6-2-7-13-19,20-14-8-3-9-15-20)21-24-17-22-16-23-24/h1-15H,16-17H2. The van der Waals surface area contributed by atoms with E-state index in [-0.39, 0.29) is 0 Å². The molecule has 1 aliphatic heterocycles. The zero-order valence-corrected chi connectivity index (χ0v) is 15.5. The lowest BCUT2D eigenvalue weighted by Gasteiger charge is -2.27. The van der Waals surface area contributed by atoms with Crippen LogP contribution < -0.4 is 15.9 Å². The van der Waals surface area contributed by atoms with Crippen LogP contribution in [0.1, 0.15) is 0 Å². The summed E-state index contributed by atoms with van der Waals surface area (Å²) in [6.07, 6.45) is 0.573. The minimum atomic E-state index is -2.15. The average molecular weight is 367 g/mol. The SMILES string of the molecule is c1ccc(P(=NP2COCO2)(c2ccccc2)c2ccccc2)cc1. The summed E-state index contributed by atoms with van der Waals surface area (Å²) in [5.74, 6) is 0. The molecule has 3 aromatic carbocycles. The van der Waals surface area contributed by atoms with Crippen LogP contribution in [0, 0.1) is 0 Å². The molecule has 1 atom stereocenters. The molecule has 3 aromatic rings. The Morgan fingerprint density at radius 3 is 1.48 bits per heavy atom. The highest BCUT2D eigenvalue weighted by Gasteiger charge is 2.30. The molecule has 1 heterocycles. The summed E-state index contributed by atoms with van der Waals surface area (Å²) < 4.78 is 16.6. The molecule has 0 bridgehead atoms. The first-order valence-electron chi connectivity index (χ1n) is 8.17. The van der Waals surface area contributed by atoms with Crippen LogP contribution in [0.4, 0.5) is 0 Å². The third kappa shape index (κ3) is 3.34. The quantitative estimate of drug-likeness (QED) is 0.639. The molecule has 0 N–H and O–H groups in total. The van der Waals surface area contributed by atoms with Gasteiger partial charge in [0.2, 0.25) is 0 Å². The van der Waals surface area contributed by atoms with Crippen LogP contribution in [0.3, 0.4) is 0 Å². The topological polar surface area (TPSA) is 30.8 Å². The van der Waals surface area contributed by atoms with Crippen molar-refractivity contribution in [2.75, 3.05) is 13.1 Å². The Bertz CT molecular complexity index is 761. The number of hydrogen-bond acceptors (Lipinski definition) is 3. The molecule has 0 radical (unpaired) electrons. The predicted octanol–water partition coefficient (Wildman–Crippen LogP) is 4.44. The summed E-state index contributed by atoms with van der Waals surface area (Å²) >= 11 is 0. The third-order valence-electron chi connectivity index (χ3n) is 4.11. The van der Waals surface area contributed by atoms with Crippen molar-refractivity contribution in [3.8, 4) is 0 Å². The van der Waals surface area contributed by atoms with Gasteiger partial charge in [0.05, 0.1) is 7.05 Å². The van der Waals surface area contributed by atoms with Gasteiger partial charge in [0.25, 0.3) is 0 Å². The molecular weight excluding hydrogens is 348 g/mol. The highest BCUT2D eigenvalue weighted by atomic mass is 31.2. The minimum absolute atomic E-state index is 0.341. The molecular formula is C20H19NO2P2. The molecule has 1 fully saturated rings. The van der Waals surface area contributed by atoms with Crippen LogP contribution in [0.25, 0.3) is 0 Å². The van der Waals surface area contributed by atoms with Gasteiger partial charge in [0, 0.05) is 15.9 Å². The van der Waals surface area contributed by atoms with Crippen LogP contribution >= 0.6 is 15.4 Å². The minimum Gasteiger partial charge on any atom is -0.346 e. The maximum atomic E-state index is 5.78. The van der Waals surface area contributed by atoms with Crippen molar-refractivity contribution < 1.29 is 9.26 Å². The summed E-state index contributed by atoms with van der Waals surface area (Å²) in [5, 5.41) is 3.72. The van der Waals surface area contributed by atoms with Crippen molar-refractivity contribution in [1.82, 2.24) is 0 Å². The van der Waals surface area contributed by atoms with E-state index in [0.29, 0.717) is 13.1 Å². The Labute approximate surface area is 149 Å². The molecule has 1 aliphatic rings. The fraction of sp³-hybridized carbons (Fsp3) is 0.100. The molecule has 0 aromatic heterocycles. The second-order valence-corrected chi connectivity index (χ2v) is 10.4. The van der Waals surface area contributed by atoms with E-state index in [0.717, 1.165) is 0 Å². The van der Waals surface area contributed by atoms with E-state index < -0.39 is 15.4 Å². The smallest absolute Gasteiger partial charge is 0.181 e. The van der Waals surface area contributed by atoms with E-state index in [9.17, 15) is 0 Å². The van der Waals surface area contributed by atoms with Crippen LogP contribution in [-0.4, -0.2) is 13.1 Å². The van der Waals surface area contributed by atoms with Gasteiger partial charge in [-0.3, -0.25) is 0 Å². The number of hydrogen-bond donors (Lipinski definition) is 0. The Hall–Kier alpha value is -1.76. The zero-order chi connectivity index (χ0) is 17.0. The summed E-state index contributed by atoms with van der Waals surface area (Å²) in [4.78, 5) is 0. The van der Waals surface area contributed by atoms with E-state index in [1.807, 2.05) is 0 Å². The normalized spacial score (nSPS) is 17.4. The van der Waals surface area contributed by atoms with Crippen molar-refractivity contribution in [3.05, 3.63) is 91.0 Å². The Kier molecular flexibility index (Phi) is 5.10. The molecule has 0 spiro atoms. The number of benzene rings is 3. The van der Waals surface area contributed by atoms with Crippen molar-refractivity contribution >= 4 is 31.3 Å². The maximum Gasteiger partial charge on any atom is 0.181 e. The van der Waals surface area contributed by atoms with Gasteiger partial charge in [-0.05, 0) is 0 Å². The van der Waals surface area contributed by atoms with Crippen molar-refractivity contribution in [3.63, 3.8) is 0 Å². The fourth-order valence-corrected chi connectivity index (χ4v) is 9.04. The lowest BCUT2D eigenvalue weighted by Crippen LogP contribution is -2.25. The van der Waals surface area contributed by atoms with Crippen LogP contribution in [-0.2, 0) is 9.26 Å². The van der Waals surface area contributed by atoms with Gasteiger partial charge >= 0.3 is 0 Å². The Balaban J connectivity index is 2.05. The van der Waals surface area contributed by atoms with Gasteiger partial charge in [0.15, 0.2) is 15.1 Å². The van der Waals surface area contributed by atoms with E-state index in [1.54, 1.807) is 0 Å². The first-order chi connectivity index (χ1) is 12.4. The highest BCUT2D eigenvalue weighted by Crippen LogP contribution is 2.57. The van der Waals surface area contributed by atoms with E-state index >= 15 is 0 Å². The summed E-state index contributed by atoms with van der Waals surface area (Å²) in [7, 11) is -3.11. The molecule has 3 nitrogen and oxygen atoms in total. The summed E-state index contributed by atoms with van der Waals surface area (Å²) in [6, 6.07) is 31.8. The second kappa shape index (κ2) is 7.64. The zero-order valence-electron chi connectivity index (χ0n) is 13.7. The molecule has 0 aliphatic carbocycles. The number of ether oxygens (including phenoxy) is 1. The van der Waals surface area contributed by atoms with Crippen molar-refractivity contribution in [2.45, 2.75) is 0 Å². The van der Waals surface area contributed by atoms with Crippen LogP contribution in [0.5, 0.6) is 0 Å². The lowest BCUT2D eigenvalue weighted by molar-refractivity contribution is 0.0928. The largest absolute Gasteiger partial charge is 0.346 e. The summed E-state index contributed by atoms with van der Waals surface area (Å²) in [6.45, 7) is 0.341. The first-order valence-corrected chi connectivity index (χ1v) is 11.3. The predicted molar refractivity (Wildman–Crippen MR) is 106 cm³/mol. The highest BCUT2D eigenvalue weighted by molar-refractivity contribution is 7.90. The van der Waals surface area contributed by atoms with Gasteiger partial charge in [-0.2, -0.15) is 0 Å². The van der Waals surface area contributed by atoms with Gasteiger partial charge in [0.1, 0.15) is 6.35 Å². The van der Waals surface area contributed by atoms with Crippen molar-refractivity contribution in [2.24, 2.45) is 4.52 Å². The van der Waals surface area contributed by atoms with Gasteiger partial charge in [-0.25, -0.2) is 4.52 Å². The molecule has 4 rings (SSSR count). The van der Waals surface area contributed by atoms with Crippen LogP contribution in [0.2, 0.25) is 0 Å². The molecule has 0 saturated carbocycles. The van der Waals surface area contributed by atoms with Gasteiger partial charge < -0.3 is 9.26 Å². The van der Waals surface area contributed by atoms with E-state index in [2.05, 4.69) is 91.0 Å². The van der Waals surface area contributed by atoms with Crippen LogP contribution in [0.15, 0.2) is 95.5 Å². The number of nitrogens with zero attached hydrogens (tertiary/aromatic N) is 1. The Morgan fingerprint density at radius 2 is 1.12 bits per heavy atom. The molecule has 126 valence electrons. The fourth-order valence-electron chi connectivity index (χ4n) is 2.99. The molecule has 0 amide bonds. The summed E-state index contributed by atoms with van der Waals surface area (Å²) in [5.41, 5.74) is 0. The maximum absolute atomic E-state index is 5.78. The molecule has 1 unspecified atom stereocenters. The van der Waals surface area contributed by atoms with E-state index in [4.69, 9.17) is 13.8 Å². The van der Waals surface area contributed by atoms with Gasteiger partial charge in [-0.15, -0.1) is 0 Å². The Morgan fingerprint density at radius 1 is 0.680 bits per heavy atom.